The first-order valence-corrected chi connectivity index (χ1v) is 11.2. The normalized spacial score (nSPS) is 28.0. The molecule has 2 N–H and O–H groups in total. The van der Waals surface area contributed by atoms with Gasteiger partial charge in [0.15, 0.2) is 5.96 Å². The Bertz CT molecular complexity index is 434. The first kappa shape index (κ1) is 20.9. The van der Waals surface area contributed by atoms with Crippen LogP contribution in [-0.2, 0) is 9.47 Å². The van der Waals surface area contributed by atoms with Gasteiger partial charge in [0.1, 0.15) is 0 Å². The summed E-state index contributed by atoms with van der Waals surface area (Å²) < 4.78 is 11.1. The van der Waals surface area contributed by atoms with Gasteiger partial charge in [0.25, 0.3) is 0 Å². The summed E-state index contributed by atoms with van der Waals surface area (Å²) in [4.78, 5) is 7.11. The van der Waals surface area contributed by atoms with E-state index in [1.807, 2.05) is 7.05 Å². The van der Waals surface area contributed by atoms with E-state index < -0.39 is 0 Å². The van der Waals surface area contributed by atoms with E-state index in [1.54, 1.807) is 0 Å². The van der Waals surface area contributed by atoms with Crippen LogP contribution in [0, 0.1) is 5.92 Å². The molecule has 2 heterocycles. The predicted molar refractivity (Wildman–Crippen MR) is 110 cm³/mol. The van der Waals surface area contributed by atoms with E-state index in [9.17, 15) is 0 Å². The van der Waals surface area contributed by atoms with Crippen LogP contribution in [-0.4, -0.2) is 76.1 Å². The molecule has 3 fully saturated rings. The molecular formula is C21H40N4O2. The summed E-state index contributed by atoms with van der Waals surface area (Å²) in [6.45, 7) is 6.87. The van der Waals surface area contributed by atoms with Crippen molar-refractivity contribution in [3.8, 4) is 0 Å². The summed E-state index contributed by atoms with van der Waals surface area (Å²) in [5.41, 5.74) is 0. The van der Waals surface area contributed by atoms with Gasteiger partial charge in [-0.1, -0.05) is 19.3 Å². The molecule has 6 heteroatoms. The molecule has 156 valence electrons. The SMILES string of the molecule is CN=C(NCCCOC1CCOC1)NCC1CCCN1CC1CCCCC1. The van der Waals surface area contributed by atoms with Crippen molar-refractivity contribution >= 4 is 5.96 Å². The summed E-state index contributed by atoms with van der Waals surface area (Å²) in [5.74, 6) is 1.85. The second kappa shape index (κ2) is 11.9. The molecule has 0 bridgehead atoms. The monoisotopic (exact) mass is 380 g/mol. The number of rotatable bonds is 9. The largest absolute Gasteiger partial charge is 0.379 e. The van der Waals surface area contributed by atoms with Crippen LogP contribution in [0.1, 0.15) is 57.8 Å². The highest BCUT2D eigenvalue weighted by atomic mass is 16.5. The van der Waals surface area contributed by atoms with Gasteiger partial charge in [0.05, 0.1) is 12.7 Å². The van der Waals surface area contributed by atoms with Crippen molar-refractivity contribution in [2.24, 2.45) is 10.9 Å². The quantitative estimate of drug-likeness (QED) is 0.365. The summed E-state index contributed by atoms with van der Waals surface area (Å²) in [6, 6.07) is 0.663. The molecule has 1 aliphatic carbocycles. The summed E-state index contributed by atoms with van der Waals surface area (Å²) in [6.07, 6.45) is 12.2. The fourth-order valence-electron chi connectivity index (χ4n) is 4.68. The smallest absolute Gasteiger partial charge is 0.191 e. The van der Waals surface area contributed by atoms with Crippen molar-refractivity contribution in [1.82, 2.24) is 15.5 Å². The molecule has 3 rings (SSSR count). The van der Waals surface area contributed by atoms with Crippen LogP contribution in [0.15, 0.2) is 4.99 Å². The highest BCUT2D eigenvalue weighted by molar-refractivity contribution is 5.79. The van der Waals surface area contributed by atoms with Crippen LogP contribution in [0.2, 0.25) is 0 Å². The molecule has 0 aromatic carbocycles. The van der Waals surface area contributed by atoms with Crippen molar-refractivity contribution in [3.63, 3.8) is 0 Å². The molecule has 2 atom stereocenters. The van der Waals surface area contributed by atoms with E-state index in [4.69, 9.17) is 9.47 Å². The lowest BCUT2D eigenvalue weighted by molar-refractivity contribution is 0.0420. The van der Waals surface area contributed by atoms with Crippen LogP contribution < -0.4 is 10.6 Å². The van der Waals surface area contributed by atoms with E-state index in [0.29, 0.717) is 12.1 Å². The first-order chi connectivity index (χ1) is 13.3. The van der Waals surface area contributed by atoms with Crippen molar-refractivity contribution in [1.29, 1.82) is 0 Å². The highest BCUT2D eigenvalue weighted by Crippen LogP contribution is 2.27. The Morgan fingerprint density at radius 3 is 2.78 bits per heavy atom. The van der Waals surface area contributed by atoms with E-state index in [0.717, 1.165) is 57.6 Å². The molecular weight excluding hydrogens is 340 g/mol. The van der Waals surface area contributed by atoms with Crippen molar-refractivity contribution in [2.45, 2.75) is 69.9 Å². The molecule has 6 nitrogen and oxygen atoms in total. The lowest BCUT2D eigenvalue weighted by Crippen LogP contribution is -2.46. The number of hydrogen-bond acceptors (Lipinski definition) is 4. The van der Waals surface area contributed by atoms with Crippen LogP contribution in [0.4, 0.5) is 0 Å². The zero-order valence-electron chi connectivity index (χ0n) is 17.3. The van der Waals surface area contributed by atoms with Gasteiger partial charge in [0, 0.05) is 45.9 Å². The molecule has 3 aliphatic rings. The fraction of sp³-hybridized carbons (Fsp3) is 0.952. The molecule has 0 radical (unpaired) electrons. The Hall–Kier alpha value is -0.850. The standard InChI is InChI=1S/C21H40N4O2/c1-22-21(23-11-6-13-27-20-10-14-26-17-20)24-15-19-9-5-12-25(19)16-18-7-3-2-4-8-18/h18-20H,2-17H2,1H3,(H2,22,23,24). The number of nitrogens with one attached hydrogen (secondary N) is 2. The molecule has 0 amide bonds. The van der Waals surface area contributed by atoms with Crippen molar-refractivity contribution in [2.75, 3.05) is 53.0 Å². The molecule has 1 saturated carbocycles. The second-order valence-corrected chi connectivity index (χ2v) is 8.38. The van der Waals surface area contributed by atoms with E-state index in [1.165, 1.54) is 58.0 Å². The third-order valence-electron chi connectivity index (χ3n) is 6.30. The van der Waals surface area contributed by atoms with Gasteiger partial charge in [-0.15, -0.1) is 0 Å². The Morgan fingerprint density at radius 2 is 2.00 bits per heavy atom. The van der Waals surface area contributed by atoms with Crippen LogP contribution in [0.3, 0.4) is 0 Å². The van der Waals surface area contributed by atoms with Gasteiger partial charge in [0.2, 0.25) is 0 Å². The zero-order valence-corrected chi connectivity index (χ0v) is 17.3. The molecule has 0 spiro atoms. The third kappa shape index (κ3) is 7.24. The van der Waals surface area contributed by atoms with Gasteiger partial charge in [-0.25, -0.2) is 0 Å². The Labute approximate surface area is 165 Å². The maximum atomic E-state index is 5.81. The molecule has 2 aliphatic heterocycles. The maximum Gasteiger partial charge on any atom is 0.191 e. The number of guanidine groups is 1. The Morgan fingerprint density at radius 1 is 1.11 bits per heavy atom. The van der Waals surface area contributed by atoms with E-state index in [2.05, 4.69) is 20.5 Å². The molecule has 0 aromatic rings. The van der Waals surface area contributed by atoms with Crippen LogP contribution >= 0.6 is 0 Å². The lowest BCUT2D eigenvalue weighted by atomic mass is 9.89. The zero-order chi connectivity index (χ0) is 18.7. The van der Waals surface area contributed by atoms with Crippen molar-refractivity contribution in [3.05, 3.63) is 0 Å². The molecule has 27 heavy (non-hydrogen) atoms. The predicted octanol–water partition coefficient (Wildman–Crippen LogP) is 2.39. The van der Waals surface area contributed by atoms with Gasteiger partial charge < -0.3 is 20.1 Å². The van der Waals surface area contributed by atoms with Crippen LogP contribution in [0.5, 0.6) is 0 Å². The van der Waals surface area contributed by atoms with Gasteiger partial charge in [-0.05, 0) is 51.0 Å². The minimum Gasteiger partial charge on any atom is -0.379 e. The Kier molecular flexibility index (Phi) is 9.18. The van der Waals surface area contributed by atoms with Gasteiger partial charge in [-0.3, -0.25) is 9.89 Å². The molecule has 2 unspecified atom stereocenters. The summed E-state index contributed by atoms with van der Waals surface area (Å²) >= 11 is 0. The highest BCUT2D eigenvalue weighted by Gasteiger charge is 2.27. The number of ether oxygens (including phenoxy) is 2. The van der Waals surface area contributed by atoms with Crippen molar-refractivity contribution < 1.29 is 9.47 Å². The van der Waals surface area contributed by atoms with Crippen LogP contribution in [0.25, 0.3) is 0 Å². The average Bonchev–Trinajstić information content (AvgIpc) is 3.37. The van der Waals surface area contributed by atoms with Gasteiger partial charge in [-0.2, -0.15) is 0 Å². The topological polar surface area (TPSA) is 58.1 Å². The fourth-order valence-corrected chi connectivity index (χ4v) is 4.68. The van der Waals surface area contributed by atoms with Gasteiger partial charge >= 0.3 is 0 Å². The van der Waals surface area contributed by atoms with E-state index in [-0.39, 0.29) is 0 Å². The summed E-state index contributed by atoms with van der Waals surface area (Å²) in [7, 11) is 1.86. The number of aliphatic imine (C=N–C) groups is 1. The minimum atomic E-state index is 0.306. The van der Waals surface area contributed by atoms with E-state index >= 15 is 0 Å². The maximum absolute atomic E-state index is 5.81. The molecule has 2 saturated heterocycles. The first-order valence-electron chi connectivity index (χ1n) is 11.2. The summed E-state index contributed by atoms with van der Waals surface area (Å²) in [5, 5.41) is 6.97. The lowest BCUT2D eigenvalue weighted by Gasteiger charge is -2.31. The Balaban J connectivity index is 1.28. The minimum absolute atomic E-state index is 0.306. The average molecular weight is 381 g/mol. The number of hydrogen-bond donors (Lipinski definition) is 2. The number of likely N-dealkylation sites (tertiary alicyclic amines) is 1. The second-order valence-electron chi connectivity index (χ2n) is 8.38. The molecule has 0 aromatic heterocycles. The number of nitrogens with zero attached hydrogens (tertiary/aromatic N) is 2. The third-order valence-corrected chi connectivity index (χ3v) is 6.30.